The van der Waals surface area contributed by atoms with Crippen molar-refractivity contribution < 1.29 is 9.53 Å². The minimum Gasteiger partial charge on any atom is -0.497 e. The summed E-state index contributed by atoms with van der Waals surface area (Å²) in [6.07, 6.45) is 2.17. The summed E-state index contributed by atoms with van der Waals surface area (Å²) in [5.74, 6) is 0.982. The summed E-state index contributed by atoms with van der Waals surface area (Å²) in [7, 11) is 1.66. The first-order valence-corrected chi connectivity index (χ1v) is 11.2. The third-order valence-electron chi connectivity index (χ3n) is 5.53. The molecule has 0 saturated carbocycles. The highest BCUT2D eigenvalue weighted by Gasteiger charge is 2.30. The van der Waals surface area contributed by atoms with Gasteiger partial charge in [0, 0.05) is 29.7 Å². The zero-order valence-electron chi connectivity index (χ0n) is 17.7. The topological polar surface area (TPSA) is 45.7 Å². The van der Waals surface area contributed by atoms with Crippen LogP contribution in [0.3, 0.4) is 0 Å². The van der Waals surface area contributed by atoms with Gasteiger partial charge < -0.3 is 14.5 Å². The van der Waals surface area contributed by atoms with Crippen molar-refractivity contribution in [1.82, 2.24) is 9.88 Å². The molecule has 2 aromatic carbocycles. The van der Waals surface area contributed by atoms with Gasteiger partial charge in [-0.1, -0.05) is 12.1 Å². The molecule has 1 atom stereocenters. The first-order valence-electron chi connectivity index (χ1n) is 10.3. The summed E-state index contributed by atoms with van der Waals surface area (Å²) >= 11 is 1.56. The van der Waals surface area contributed by atoms with Crippen molar-refractivity contribution in [2.24, 2.45) is 0 Å². The molecule has 1 aliphatic rings. The average molecular weight is 422 g/mol. The Morgan fingerprint density at radius 2 is 1.90 bits per heavy atom. The number of amides is 1. The Kier molecular flexibility index (Phi) is 6.04. The van der Waals surface area contributed by atoms with E-state index >= 15 is 0 Å². The molecule has 0 bridgehead atoms. The fourth-order valence-corrected chi connectivity index (χ4v) is 4.79. The van der Waals surface area contributed by atoms with Gasteiger partial charge in [-0.3, -0.25) is 4.79 Å². The molecule has 30 heavy (non-hydrogen) atoms. The third-order valence-corrected chi connectivity index (χ3v) is 6.37. The Morgan fingerprint density at radius 3 is 2.57 bits per heavy atom. The van der Waals surface area contributed by atoms with E-state index in [4.69, 9.17) is 9.72 Å². The van der Waals surface area contributed by atoms with Crippen LogP contribution in [-0.2, 0) is 4.79 Å². The number of hydrogen-bond acceptors (Lipinski definition) is 5. The number of anilines is 2. The average Bonchev–Trinajstić information content (AvgIpc) is 3.46. The standard InChI is InChI=1S/C24H27N3O2S/c1-17-7-6-8-20(15-17)27(18(2)23(28)26-13-4-5-14-26)24-25-22(16-30-24)19-9-11-21(29-3)12-10-19/h6-12,15-16,18H,4-5,13-14H2,1-3H3. The maximum atomic E-state index is 13.2. The van der Waals surface area contributed by atoms with E-state index in [0.717, 1.165) is 59.3 Å². The number of methoxy groups -OCH3 is 1. The van der Waals surface area contributed by atoms with E-state index in [2.05, 4.69) is 30.0 Å². The largest absolute Gasteiger partial charge is 0.497 e. The Hall–Kier alpha value is -2.86. The zero-order valence-corrected chi connectivity index (χ0v) is 18.5. The lowest BCUT2D eigenvalue weighted by Gasteiger charge is -2.31. The summed E-state index contributed by atoms with van der Waals surface area (Å²) in [6, 6.07) is 15.8. The molecular weight excluding hydrogens is 394 g/mol. The molecule has 1 aliphatic heterocycles. The quantitative estimate of drug-likeness (QED) is 0.543. The summed E-state index contributed by atoms with van der Waals surface area (Å²) in [5, 5.41) is 2.87. The summed E-state index contributed by atoms with van der Waals surface area (Å²) in [5.41, 5.74) is 4.08. The van der Waals surface area contributed by atoms with Gasteiger partial charge in [0.05, 0.1) is 12.8 Å². The molecule has 2 heterocycles. The number of likely N-dealkylation sites (tertiary alicyclic amines) is 1. The molecule has 1 aromatic heterocycles. The van der Waals surface area contributed by atoms with E-state index < -0.39 is 0 Å². The molecule has 0 spiro atoms. The number of ether oxygens (including phenoxy) is 1. The Labute approximate surface area is 181 Å². The van der Waals surface area contributed by atoms with E-state index in [1.54, 1.807) is 18.4 Å². The Balaban J connectivity index is 1.68. The van der Waals surface area contributed by atoms with Crippen LogP contribution in [0.5, 0.6) is 5.75 Å². The van der Waals surface area contributed by atoms with Gasteiger partial charge in [-0.2, -0.15) is 0 Å². The summed E-state index contributed by atoms with van der Waals surface area (Å²) < 4.78 is 5.26. The molecule has 0 N–H and O–H groups in total. The molecule has 1 saturated heterocycles. The van der Waals surface area contributed by atoms with Gasteiger partial charge in [0.2, 0.25) is 5.91 Å². The van der Waals surface area contributed by atoms with Gasteiger partial charge in [-0.05, 0) is 68.7 Å². The van der Waals surface area contributed by atoms with Gasteiger partial charge in [0.25, 0.3) is 0 Å². The second kappa shape index (κ2) is 8.88. The maximum Gasteiger partial charge on any atom is 0.245 e. The van der Waals surface area contributed by atoms with Gasteiger partial charge >= 0.3 is 0 Å². The van der Waals surface area contributed by atoms with Crippen molar-refractivity contribution in [3.8, 4) is 17.0 Å². The van der Waals surface area contributed by atoms with Gasteiger partial charge in [0.15, 0.2) is 5.13 Å². The SMILES string of the molecule is COc1ccc(-c2csc(N(c3cccc(C)c3)C(C)C(=O)N3CCCC3)n2)cc1. The van der Waals surface area contributed by atoms with Crippen LogP contribution < -0.4 is 9.64 Å². The molecule has 1 amide bonds. The Morgan fingerprint density at radius 1 is 1.17 bits per heavy atom. The molecule has 5 nitrogen and oxygen atoms in total. The smallest absolute Gasteiger partial charge is 0.245 e. The second-order valence-corrected chi connectivity index (χ2v) is 8.50. The number of thiazole rings is 1. The number of rotatable bonds is 6. The molecule has 0 radical (unpaired) electrons. The second-order valence-electron chi connectivity index (χ2n) is 7.66. The number of carbonyl (C=O) groups is 1. The monoisotopic (exact) mass is 421 g/mol. The highest BCUT2D eigenvalue weighted by Crippen LogP contribution is 2.35. The van der Waals surface area contributed by atoms with Crippen molar-refractivity contribution in [2.45, 2.75) is 32.7 Å². The van der Waals surface area contributed by atoms with Crippen molar-refractivity contribution in [3.05, 3.63) is 59.5 Å². The highest BCUT2D eigenvalue weighted by atomic mass is 32.1. The maximum absolute atomic E-state index is 13.2. The predicted octanol–water partition coefficient (Wildman–Crippen LogP) is 5.28. The summed E-state index contributed by atoms with van der Waals surface area (Å²) in [6.45, 7) is 5.75. The van der Waals surface area contributed by atoms with E-state index in [1.165, 1.54) is 0 Å². The van der Waals surface area contributed by atoms with Gasteiger partial charge in [0.1, 0.15) is 11.8 Å². The number of aromatic nitrogens is 1. The fourth-order valence-electron chi connectivity index (χ4n) is 3.86. The van der Waals surface area contributed by atoms with E-state index in [-0.39, 0.29) is 11.9 Å². The van der Waals surface area contributed by atoms with Crippen molar-refractivity contribution >= 4 is 28.1 Å². The lowest BCUT2D eigenvalue weighted by Crippen LogP contribution is -2.44. The first-order chi connectivity index (χ1) is 14.6. The number of aryl methyl sites for hydroxylation is 1. The van der Waals surface area contributed by atoms with Crippen molar-refractivity contribution in [1.29, 1.82) is 0 Å². The van der Waals surface area contributed by atoms with Crippen LogP contribution in [0.4, 0.5) is 10.8 Å². The Bertz CT molecular complexity index is 1010. The van der Waals surface area contributed by atoms with Crippen molar-refractivity contribution in [2.75, 3.05) is 25.1 Å². The van der Waals surface area contributed by atoms with E-state index in [0.29, 0.717) is 0 Å². The van der Waals surface area contributed by atoms with Crippen LogP contribution in [0.2, 0.25) is 0 Å². The highest BCUT2D eigenvalue weighted by molar-refractivity contribution is 7.14. The number of benzene rings is 2. The molecule has 156 valence electrons. The molecular formula is C24H27N3O2S. The molecule has 4 rings (SSSR count). The van der Waals surface area contributed by atoms with E-state index in [1.807, 2.05) is 47.5 Å². The lowest BCUT2D eigenvalue weighted by atomic mass is 10.1. The van der Waals surface area contributed by atoms with Crippen LogP contribution >= 0.6 is 11.3 Å². The van der Waals surface area contributed by atoms with Crippen LogP contribution in [0, 0.1) is 6.92 Å². The molecule has 6 heteroatoms. The molecule has 1 unspecified atom stereocenters. The zero-order chi connectivity index (χ0) is 21.1. The molecule has 3 aromatic rings. The minimum atomic E-state index is -0.320. The number of carbonyl (C=O) groups excluding carboxylic acids is 1. The number of nitrogens with zero attached hydrogens (tertiary/aromatic N) is 3. The van der Waals surface area contributed by atoms with Crippen LogP contribution in [0.25, 0.3) is 11.3 Å². The number of hydrogen-bond donors (Lipinski definition) is 0. The fraction of sp³-hybridized carbons (Fsp3) is 0.333. The first kappa shape index (κ1) is 20.4. The van der Waals surface area contributed by atoms with Gasteiger partial charge in [-0.15, -0.1) is 11.3 Å². The van der Waals surface area contributed by atoms with Crippen molar-refractivity contribution in [3.63, 3.8) is 0 Å². The van der Waals surface area contributed by atoms with Crippen LogP contribution in [-0.4, -0.2) is 42.0 Å². The molecule has 1 fully saturated rings. The minimum absolute atomic E-state index is 0.162. The normalized spacial score (nSPS) is 14.6. The lowest BCUT2D eigenvalue weighted by molar-refractivity contribution is -0.131. The summed E-state index contributed by atoms with van der Waals surface area (Å²) in [4.78, 5) is 22.2. The van der Waals surface area contributed by atoms with E-state index in [9.17, 15) is 4.79 Å². The third kappa shape index (κ3) is 4.19. The molecule has 0 aliphatic carbocycles. The van der Waals surface area contributed by atoms with Crippen LogP contribution in [0.15, 0.2) is 53.9 Å². The predicted molar refractivity (Wildman–Crippen MR) is 123 cm³/mol. The van der Waals surface area contributed by atoms with Gasteiger partial charge in [-0.25, -0.2) is 4.98 Å². The van der Waals surface area contributed by atoms with Crippen LogP contribution in [0.1, 0.15) is 25.3 Å².